The molecule has 0 bridgehead atoms. The van der Waals surface area contributed by atoms with E-state index in [0.29, 0.717) is 10.7 Å². The van der Waals surface area contributed by atoms with E-state index in [-0.39, 0.29) is 5.56 Å². The first-order chi connectivity index (χ1) is 7.58. The molecule has 1 aromatic heterocycles. The van der Waals surface area contributed by atoms with Crippen LogP contribution in [0.15, 0.2) is 23.6 Å². The molecule has 0 radical (unpaired) electrons. The summed E-state index contributed by atoms with van der Waals surface area (Å²) in [6.07, 6.45) is -0.707. The summed E-state index contributed by atoms with van der Waals surface area (Å²) in [5, 5.41) is 11.3. The van der Waals surface area contributed by atoms with Gasteiger partial charge in [-0.15, -0.1) is 11.3 Å². The van der Waals surface area contributed by atoms with Gasteiger partial charge in [0, 0.05) is 10.9 Å². The van der Waals surface area contributed by atoms with Crippen LogP contribution in [0.5, 0.6) is 0 Å². The highest BCUT2D eigenvalue weighted by Gasteiger charge is 2.12. The molecule has 0 saturated heterocycles. The summed E-state index contributed by atoms with van der Waals surface area (Å²) in [5.41, 5.74) is 0.584. The quantitative estimate of drug-likeness (QED) is 0.876. The van der Waals surface area contributed by atoms with Gasteiger partial charge in [-0.25, -0.2) is 13.8 Å². The first-order valence-corrected chi connectivity index (χ1v) is 5.55. The van der Waals surface area contributed by atoms with Gasteiger partial charge in [0.15, 0.2) is 0 Å². The molecule has 1 unspecified atom stereocenters. The molecule has 0 saturated carbocycles. The summed E-state index contributed by atoms with van der Waals surface area (Å²) in [6, 6.07) is 3.22. The average Bonchev–Trinajstić information content (AvgIpc) is 2.70. The third-order valence-corrected chi connectivity index (χ3v) is 3.00. The summed E-state index contributed by atoms with van der Waals surface area (Å²) in [7, 11) is 0. The summed E-state index contributed by atoms with van der Waals surface area (Å²) in [4.78, 5) is 4.04. The van der Waals surface area contributed by atoms with E-state index in [1.54, 1.807) is 12.3 Å². The molecule has 5 heteroatoms. The molecule has 0 amide bonds. The number of rotatable bonds is 2. The zero-order chi connectivity index (χ0) is 11.7. The van der Waals surface area contributed by atoms with Gasteiger partial charge in [0.1, 0.15) is 16.6 Å². The van der Waals surface area contributed by atoms with Gasteiger partial charge in [-0.1, -0.05) is 0 Å². The van der Waals surface area contributed by atoms with E-state index in [9.17, 15) is 13.9 Å². The summed E-state index contributed by atoms with van der Waals surface area (Å²) < 4.78 is 26.4. The normalized spacial score (nSPS) is 12.8. The van der Waals surface area contributed by atoms with Gasteiger partial charge in [-0.2, -0.15) is 0 Å². The number of hydrogen-bond donors (Lipinski definition) is 1. The maximum atomic E-state index is 13.4. The van der Waals surface area contributed by atoms with Crippen LogP contribution in [-0.4, -0.2) is 10.1 Å². The number of hydrogen-bond acceptors (Lipinski definition) is 3. The molecular formula is C11H9F2NOS. The molecule has 0 aliphatic rings. The van der Waals surface area contributed by atoms with Crippen molar-refractivity contribution in [3.05, 3.63) is 40.9 Å². The molecule has 2 aromatic rings. The van der Waals surface area contributed by atoms with E-state index < -0.39 is 17.7 Å². The van der Waals surface area contributed by atoms with Gasteiger partial charge in [0.25, 0.3) is 0 Å². The maximum absolute atomic E-state index is 13.4. The Morgan fingerprint density at radius 2 is 2.12 bits per heavy atom. The fourth-order valence-corrected chi connectivity index (χ4v) is 2.19. The first-order valence-electron chi connectivity index (χ1n) is 4.67. The van der Waals surface area contributed by atoms with Gasteiger partial charge in [0.2, 0.25) is 0 Å². The second-order valence-electron chi connectivity index (χ2n) is 3.38. The lowest BCUT2D eigenvalue weighted by Crippen LogP contribution is -1.91. The summed E-state index contributed by atoms with van der Waals surface area (Å²) >= 11 is 1.18. The fourth-order valence-electron chi connectivity index (χ4n) is 1.26. The molecular weight excluding hydrogens is 232 g/mol. The van der Waals surface area contributed by atoms with Crippen molar-refractivity contribution in [2.24, 2.45) is 0 Å². The molecule has 0 aliphatic heterocycles. The highest BCUT2D eigenvalue weighted by atomic mass is 32.1. The van der Waals surface area contributed by atoms with E-state index in [1.165, 1.54) is 11.3 Å². The molecule has 16 heavy (non-hydrogen) atoms. The van der Waals surface area contributed by atoms with Crippen LogP contribution in [0.4, 0.5) is 8.78 Å². The third kappa shape index (κ3) is 2.10. The molecule has 0 aliphatic carbocycles. The Labute approximate surface area is 95.2 Å². The number of thiazole rings is 1. The molecule has 0 spiro atoms. The second kappa shape index (κ2) is 4.27. The van der Waals surface area contributed by atoms with Gasteiger partial charge < -0.3 is 5.11 Å². The Morgan fingerprint density at radius 1 is 1.38 bits per heavy atom. The van der Waals surface area contributed by atoms with E-state index in [1.807, 2.05) is 0 Å². The fraction of sp³-hybridized carbons (Fsp3) is 0.182. The maximum Gasteiger partial charge on any atom is 0.133 e. The van der Waals surface area contributed by atoms with E-state index in [4.69, 9.17) is 0 Å². The topological polar surface area (TPSA) is 33.1 Å². The van der Waals surface area contributed by atoms with E-state index in [2.05, 4.69) is 4.98 Å². The lowest BCUT2D eigenvalue weighted by atomic mass is 10.2. The third-order valence-electron chi connectivity index (χ3n) is 2.11. The Hall–Kier alpha value is -1.33. The van der Waals surface area contributed by atoms with Crippen molar-refractivity contribution in [1.82, 2.24) is 4.98 Å². The lowest BCUT2D eigenvalue weighted by Gasteiger charge is -1.99. The number of aromatic nitrogens is 1. The van der Waals surface area contributed by atoms with Crippen molar-refractivity contribution >= 4 is 11.3 Å². The smallest absolute Gasteiger partial charge is 0.133 e. The molecule has 1 atom stereocenters. The number of aliphatic hydroxyl groups excluding tert-OH is 1. The molecule has 1 aromatic carbocycles. The zero-order valence-electron chi connectivity index (χ0n) is 8.45. The predicted octanol–water partition coefficient (Wildman–Crippen LogP) is 3.14. The van der Waals surface area contributed by atoms with Gasteiger partial charge >= 0.3 is 0 Å². The molecule has 1 heterocycles. The summed E-state index contributed by atoms with van der Waals surface area (Å²) in [6.45, 7) is 1.57. The van der Waals surface area contributed by atoms with E-state index in [0.717, 1.165) is 18.2 Å². The van der Waals surface area contributed by atoms with Gasteiger partial charge in [-0.05, 0) is 25.1 Å². The van der Waals surface area contributed by atoms with Crippen molar-refractivity contribution in [3.63, 3.8) is 0 Å². The predicted molar refractivity (Wildman–Crippen MR) is 58.1 cm³/mol. The Morgan fingerprint density at radius 3 is 2.75 bits per heavy atom. The van der Waals surface area contributed by atoms with Crippen LogP contribution in [0, 0.1) is 11.6 Å². The Bertz CT molecular complexity index is 510. The minimum atomic E-state index is -0.707. The van der Waals surface area contributed by atoms with Crippen LogP contribution in [0.3, 0.4) is 0 Å². The van der Waals surface area contributed by atoms with Crippen molar-refractivity contribution < 1.29 is 13.9 Å². The monoisotopic (exact) mass is 241 g/mol. The number of benzene rings is 1. The second-order valence-corrected chi connectivity index (χ2v) is 4.24. The number of aliphatic hydroxyl groups is 1. The molecule has 2 rings (SSSR count). The lowest BCUT2D eigenvalue weighted by molar-refractivity contribution is 0.195. The zero-order valence-corrected chi connectivity index (χ0v) is 9.26. The van der Waals surface area contributed by atoms with E-state index >= 15 is 0 Å². The van der Waals surface area contributed by atoms with Crippen LogP contribution in [0.2, 0.25) is 0 Å². The minimum absolute atomic E-state index is 0.122. The Balaban J connectivity index is 2.46. The van der Waals surface area contributed by atoms with Crippen molar-refractivity contribution in [1.29, 1.82) is 0 Å². The van der Waals surface area contributed by atoms with Crippen molar-refractivity contribution in [3.8, 4) is 10.6 Å². The number of nitrogens with zero attached hydrogens (tertiary/aromatic N) is 1. The van der Waals surface area contributed by atoms with Crippen LogP contribution >= 0.6 is 11.3 Å². The minimum Gasteiger partial charge on any atom is -0.387 e. The SMILES string of the molecule is CC(O)c1csc(-c2cc(F)ccc2F)n1. The van der Waals surface area contributed by atoms with Crippen LogP contribution in [0.25, 0.3) is 10.6 Å². The van der Waals surface area contributed by atoms with Crippen molar-refractivity contribution in [2.75, 3.05) is 0 Å². The largest absolute Gasteiger partial charge is 0.387 e. The number of halogens is 2. The van der Waals surface area contributed by atoms with Crippen LogP contribution in [0.1, 0.15) is 18.7 Å². The highest BCUT2D eigenvalue weighted by Crippen LogP contribution is 2.28. The standard InChI is InChI=1S/C11H9F2NOS/c1-6(15)10-5-16-11(14-10)8-4-7(12)2-3-9(8)13/h2-6,15H,1H3. The highest BCUT2D eigenvalue weighted by molar-refractivity contribution is 7.13. The Kier molecular flexibility index (Phi) is 2.98. The molecule has 2 nitrogen and oxygen atoms in total. The first kappa shape index (κ1) is 11.2. The molecule has 0 fully saturated rings. The van der Waals surface area contributed by atoms with Crippen LogP contribution < -0.4 is 0 Å². The van der Waals surface area contributed by atoms with Crippen molar-refractivity contribution in [2.45, 2.75) is 13.0 Å². The molecule has 84 valence electrons. The van der Waals surface area contributed by atoms with Crippen LogP contribution in [-0.2, 0) is 0 Å². The van der Waals surface area contributed by atoms with Gasteiger partial charge in [-0.3, -0.25) is 0 Å². The average molecular weight is 241 g/mol. The van der Waals surface area contributed by atoms with Gasteiger partial charge in [0.05, 0.1) is 11.8 Å². The molecule has 1 N–H and O–H groups in total. The summed E-state index contributed by atoms with van der Waals surface area (Å²) in [5.74, 6) is -1.03.